The maximum absolute atomic E-state index is 12.5. The maximum atomic E-state index is 12.5. The van der Waals surface area contributed by atoms with Crippen LogP contribution in [-0.2, 0) is 6.54 Å². The smallest absolute Gasteiger partial charge is 0.257 e. The Labute approximate surface area is 151 Å². The Kier molecular flexibility index (Phi) is 5.29. The number of hydrogen-bond acceptors (Lipinski definition) is 3. The Morgan fingerprint density at radius 1 is 0.958 bits per heavy atom. The summed E-state index contributed by atoms with van der Waals surface area (Å²) in [6.07, 6.45) is 0. The zero-order valence-corrected chi connectivity index (χ0v) is 14.6. The van der Waals surface area contributed by atoms with E-state index in [1.807, 2.05) is 24.3 Å². The molecule has 0 aliphatic carbocycles. The average Bonchev–Trinajstić information content (AvgIpc) is 2.59. The van der Waals surface area contributed by atoms with Crippen molar-refractivity contribution in [2.75, 3.05) is 26.2 Å². The molecule has 0 bridgehead atoms. The number of carbonyl (C=O) groups excluding carboxylic acids is 1. The second-order valence-corrected chi connectivity index (χ2v) is 6.73. The summed E-state index contributed by atoms with van der Waals surface area (Å²) in [5.74, 6) is -0.214. The van der Waals surface area contributed by atoms with E-state index in [0.717, 1.165) is 24.7 Å². The first-order chi connectivity index (χ1) is 11.5. The first kappa shape index (κ1) is 17.1. The first-order valence-corrected chi connectivity index (χ1v) is 8.53. The number of phenols is 1. The molecule has 1 aliphatic rings. The fourth-order valence-corrected chi connectivity index (χ4v) is 3.11. The van der Waals surface area contributed by atoms with Gasteiger partial charge in [-0.1, -0.05) is 35.3 Å². The van der Waals surface area contributed by atoms with E-state index in [9.17, 15) is 9.90 Å². The second-order valence-electron chi connectivity index (χ2n) is 5.86. The normalized spacial score (nSPS) is 15.5. The van der Waals surface area contributed by atoms with Gasteiger partial charge in [0, 0.05) is 42.8 Å². The summed E-state index contributed by atoms with van der Waals surface area (Å²) in [6, 6.07) is 12.3. The summed E-state index contributed by atoms with van der Waals surface area (Å²) in [7, 11) is 0. The molecule has 1 heterocycles. The lowest BCUT2D eigenvalue weighted by Crippen LogP contribution is -2.48. The topological polar surface area (TPSA) is 43.8 Å². The molecule has 0 unspecified atom stereocenters. The molecule has 2 aromatic carbocycles. The van der Waals surface area contributed by atoms with Crippen molar-refractivity contribution >= 4 is 29.1 Å². The fraction of sp³-hybridized carbons (Fsp3) is 0.278. The molecule has 0 aromatic heterocycles. The standard InChI is InChI=1S/C18H18Cl2N2O2/c19-14-3-1-13(2-4-14)12-21-7-9-22(10-8-21)18(24)16-11-15(20)5-6-17(16)23/h1-6,11,23H,7-10,12H2. The van der Waals surface area contributed by atoms with Gasteiger partial charge in [0.15, 0.2) is 0 Å². The molecule has 0 atom stereocenters. The molecule has 0 radical (unpaired) electrons. The number of piperazine rings is 1. The third-order valence-electron chi connectivity index (χ3n) is 4.17. The van der Waals surface area contributed by atoms with E-state index in [0.29, 0.717) is 18.1 Å². The number of carbonyl (C=O) groups is 1. The first-order valence-electron chi connectivity index (χ1n) is 7.77. The van der Waals surface area contributed by atoms with Gasteiger partial charge in [0.1, 0.15) is 5.75 Å². The molecular formula is C18H18Cl2N2O2. The largest absolute Gasteiger partial charge is 0.507 e. The Morgan fingerprint density at radius 3 is 2.25 bits per heavy atom. The van der Waals surface area contributed by atoms with Gasteiger partial charge in [-0.3, -0.25) is 9.69 Å². The minimum absolute atomic E-state index is 0.0343. The molecule has 1 N–H and O–H groups in total. The third kappa shape index (κ3) is 4.01. The highest BCUT2D eigenvalue weighted by Gasteiger charge is 2.24. The molecule has 0 saturated carbocycles. The Bertz CT molecular complexity index is 726. The van der Waals surface area contributed by atoms with E-state index < -0.39 is 0 Å². The predicted octanol–water partition coefficient (Wildman–Crippen LogP) is 3.66. The van der Waals surface area contributed by atoms with Crippen LogP contribution < -0.4 is 0 Å². The Hall–Kier alpha value is -1.75. The van der Waals surface area contributed by atoms with Crippen molar-refractivity contribution in [3.8, 4) is 5.75 Å². The van der Waals surface area contributed by atoms with Crippen molar-refractivity contribution in [1.82, 2.24) is 9.80 Å². The summed E-state index contributed by atoms with van der Waals surface area (Å²) < 4.78 is 0. The Morgan fingerprint density at radius 2 is 1.58 bits per heavy atom. The summed E-state index contributed by atoms with van der Waals surface area (Å²) in [5.41, 5.74) is 1.46. The lowest BCUT2D eigenvalue weighted by atomic mass is 10.1. The number of aromatic hydroxyl groups is 1. The van der Waals surface area contributed by atoms with E-state index >= 15 is 0 Å². The van der Waals surface area contributed by atoms with E-state index in [1.165, 1.54) is 17.7 Å². The lowest BCUT2D eigenvalue weighted by Gasteiger charge is -2.35. The molecule has 6 heteroatoms. The van der Waals surface area contributed by atoms with Gasteiger partial charge in [0.05, 0.1) is 5.56 Å². The molecular weight excluding hydrogens is 347 g/mol. The molecule has 24 heavy (non-hydrogen) atoms. The van der Waals surface area contributed by atoms with Gasteiger partial charge >= 0.3 is 0 Å². The van der Waals surface area contributed by atoms with Gasteiger partial charge in [-0.2, -0.15) is 0 Å². The van der Waals surface area contributed by atoms with Gasteiger partial charge in [-0.25, -0.2) is 0 Å². The van der Waals surface area contributed by atoms with Gasteiger partial charge in [0.25, 0.3) is 5.91 Å². The van der Waals surface area contributed by atoms with E-state index in [-0.39, 0.29) is 17.2 Å². The SMILES string of the molecule is O=C(c1cc(Cl)ccc1O)N1CCN(Cc2ccc(Cl)cc2)CC1. The molecule has 1 saturated heterocycles. The lowest BCUT2D eigenvalue weighted by molar-refractivity contribution is 0.0625. The summed E-state index contributed by atoms with van der Waals surface area (Å²) in [5, 5.41) is 11.1. The van der Waals surface area contributed by atoms with Gasteiger partial charge < -0.3 is 10.0 Å². The van der Waals surface area contributed by atoms with Crippen molar-refractivity contribution in [3.05, 3.63) is 63.6 Å². The van der Waals surface area contributed by atoms with Crippen molar-refractivity contribution in [3.63, 3.8) is 0 Å². The summed E-state index contributed by atoms with van der Waals surface area (Å²) in [4.78, 5) is 16.6. The molecule has 1 aliphatic heterocycles. The monoisotopic (exact) mass is 364 g/mol. The van der Waals surface area contributed by atoms with Crippen molar-refractivity contribution in [2.45, 2.75) is 6.54 Å². The van der Waals surface area contributed by atoms with Crippen LogP contribution in [0, 0.1) is 0 Å². The zero-order chi connectivity index (χ0) is 17.1. The van der Waals surface area contributed by atoms with Crippen LogP contribution in [0.25, 0.3) is 0 Å². The van der Waals surface area contributed by atoms with Gasteiger partial charge in [-0.15, -0.1) is 0 Å². The quantitative estimate of drug-likeness (QED) is 0.903. The van der Waals surface area contributed by atoms with Crippen LogP contribution in [0.1, 0.15) is 15.9 Å². The maximum Gasteiger partial charge on any atom is 0.257 e. The van der Waals surface area contributed by atoms with Crippen LogP contribution in [0.2, 0.25) is 10.0 Å². The highest BCUT2D eigenvalue weighted by atomic mass is 35.5. The van der Waals surface area contributed by atoms with Crippen LogP contribution in [0.3, 0.4) is 0 Å². The van der Waals surface area contributed by atoms with Crippen LogP contribution in [-0.4, -0.2) is 47.0 Å². The molecule has 0 spiro atoms. The van der Waals surface area contributed by atoms with E-state index in [2.05, 4.69) is 4.90 Å². The number of amides is 1. The second kappa shape index (κ2) is 7.43. The average molecular weight is 365 g/mol. The number of nitrogens with zero attached hydrogens (tertiary/aromatic N) is 2. The molecule has 4 nitrogen and oxygen atoms in total. The number of benzene rings is 2. The zero-order valence-electron chi connectivity index (χ0n) is 13.1. The summed E-state index contributed by atoms with van der Waals surface area (Å²) in [6.45, 7) is 3.66. The van der Waals surface area contributed by atoms with Crippen LogP contribution in [0.5, 0.6) is 5.75 Å². The minimum atomic E-state index is -0.179. The van der Waals surface area contributed by atoms with Gasteiger partial charge in [0.2, 0.25) is 0 Å². The number of rotatable bonds is 3. The predicted molar refractivity (Wildman–Crippen MR) is 95.7 cm³/mol. The van der Waals surface area contributed by atoms with Gasteiger partial charge in [-0.05, 0) is 35.9 Å². The Balaban J connectivity index is 1.59. The van der Waals surface area contributed by atoms with Crippen molar-refractivity contribution in [2.24, 2.45) is 0 Å². The molecule has 1 amide bonds. The van der Waals surface area contributed by atoms with Crippen molar-refractivity contribution < 1.29 is 9.90 Å². The molecule has 1 fully saturated rings. The number of halogens is 2. The molecule has 3 rings (SSSR count). The number of phenolic OH excluding ortho intramolecular Hbond substituents is 1. The van der Waals surface area contributed by atoms with Crippen LogP contribution in [0.4, 0.5) is 0 Å². The third-order valence-corrected chi connectivity index (χ3v) is 4.66. The number of hydrogen-bond donors (Lipinski definition) is 1. The molecule has 126 valence electrons. The molecule has 2 aromatic rings. The van der Waals surface area contributed by atoms with Crippen molar-refractivity contribution in [1.29, 1.82) is 0 Å². The minimum Gasteiger partial charge on any atom is -0.507 e. The van der Waals surface area contributed by atoms with Crippen LogP contribution in [0.15, 0.2) is 42.5 Å². The van der Waals surface area contributed by atoms with E-state index in [1.54, 1.807) is 11.0 Å². The van der Waals surface area contributed by atoms with Crippen LogP contribution >= 0.6 is 23.2 Å². The highest BCUT2D eigenvalue weighted by molar-refractivity contribution is 6.31. The highest BCUT2D eigenvalue weighted by Crippen LogP contribution is 2.23. The fourth-order valence-electron chi connectivity index (χ4n) is 2.81. The van der Waals surface area contributed by atoms with E-state index in [4.69, 9.17) is 23.2 Å². The summed E-state index contributed by atoms with van der Waals surface area (Å²) >= 11 is 11.8.